The molecule has 2 aliphatic rings. The molecule has 0 bridgehead atoms. The lowest BCUT2D eigenvalue weighted by Crippen LogP contribution is -2.35. The number of benzene rings is 1. The third-order valence-corrected chi connectivity index (χ3v) is 6.15. The molecule has 4 heterocycles. The Morgan fingerprint density at radius 2 is 1.93 bits per heavy atom. The van der Waals surface area contributed by atoms with Gasteiger partial charge in [-0.25, -0.2) is 0 Å². The first-order chi connectivity index (χ1) is 14.3. The lowest BCUT2D eigenvalue weighted by Gasteiger charge is -2.31. The molecule has 1 atom stereocenters. The summed E-state index contributed by atoms with van der Waals surface area (Å²) in [6, 6.07) is 8.22. The number of aromatic nitrogens is 5. The summed E-state index contributed by atoms with van der Waals surface area (Å²) in [5, 5.41) is 13.3. The van der Waals surface area contributed by atoms with Crippen LogP contribution in [0.2, 0.25) is 0 Å². The molecule has 0 aliphatic carbocycles. The summed E-state index contributed by atoms with van der Waals surface area (Å²) in [5.41, 5.74) is 2.22. The van der Waals surface area contributed by atoms with Crippen LogP contribution in [0.25, 0.3) is 11.4 Å². The summed E-state index contributed by atoms with van der Waals surface area (Å²) in [6.45, 7) is 5.86. The van der Waals surface area contributed by atoms with Crippen molar-refractivity contribution in [2.45, 2.75) is 64.5 Å². The minimum atomic E-state index is 0.433. The maximum Gasteiger partial charge on any atom is 0.241 e. The van der Waals surface area contributed by atoms with Crippen LogP contribution in [0.15, 0.2) is 28.8 Å². The zero-order chi connectivity index (χ0) is 19.6. The van der Waals surface area contributed by atoms with Crippen LogP contribution >= 0.6 is 0 Å². The number of aryl methyl sites for hydroxylation is 2. The van der Waals surface area contributed by atoms with Crippen LogP contribution < -0.4 is 0 Å². The van der Waals surface area contributed by atoms with Crippen LogP contribution in [0.5, 0.6) is 0 Å². The first-order valence-electron chi connectivity index (χ1n) is 10.8. The van der Waals surface area contributed by atoms with E-state index in [1.165, 1.54) is 42.9 Å². The van der Waals surface area contributed by atoms with Crippen molar-refractivity contribution in [3.05, 3.63) is 47.4 Å². The summed E-state index contributed by atoms with van der Waals surface area (Å²) in [5.74, 6) is 4.13. The van der Waals surface area contributed by atoms with Gasteiger partial charge in [-0.3, -0.25) is 4.90 Å². The second-order valence-corrected chi connectivity index (χ2v) is 8.39. The van der Waals surface area contributed by atoms with Crippen LogP contribution in [-0.4, -0.2) is 42.9 Å². The summed E-state index contributed by atoms with van der Waals surface area (Å²) < 4.78 is 7.94. The zero-order valence-corrected chi connectivity index (χ0v) is 17.0. The Morgan fingerprint density at radius 3 is 2.83 bits per heavy atom. The standard InChI is InChI=1S/C22H28N6O/c1-16-8-10-17(11-9-16)21-23-20(29-26-21)15-27-12-5-6-18(14-27)22-25-24-19-7-3-2-4-13-28(19)22/h8-11,18H,2-7,12-15H2,1H3. The van der Waals surface area contributed by atoms with Gasteiger partial charge < -0.3 is 9.09 Å². The summed E-state index contributed by atoms with van der Waals surface area (Å²) in [7, 11) is 0. The minimum Gasteiger partial charge on any atom is -0.338 e. The van der Waals surface area contributed by atoms with Crippen LogP contribution in [0.1, 0.15) is 61.1 Å². The Morgan fingerprint density at radius 1 is 1.03 bits per heavy atom. The van der Waals surface area contributed by atoms with Crippen molar-refractivity contribution >= 4 is 0 Å². The summed E-state index contributed by atoms with van der Waals surface area (Å²) in [4.78, 5) is 7.04. The molecule has 0 saturated carbocycles. The summed E-state index contributed by atoms with van der Waals surface area (Å²) >= 11 is 0. The highest BCUT2D eigenvalue weighted by atomic mass is 16.5. The Bertz CT molecular complexity index is 960. The lowest BCUT2D eigenvalue weighted by atomic mass is 9.97. The van der Waals surface area contributed by atoms with Crippen molar-refractivity contribution in [3.63, 3.8) is 0 Å². The molecule has 2 aliphatic heterocycles. The average molecular weight is 393 g/mol. The number of hydrogen-bond acceptors (Lipinski definition) is 6. The van der Waals surface area contributed by atoms with Crippen LogP contribution in [0, 0.1) is 6.92 Å². The Labute approximate surface area is 171 Å². The highest BCUT2D eigenvalue weighted by molar-refractivity contribution is 5.54. The average Bonchev–Trinajstić information content (AvgIpc) is 3.30. The van der Waals surface area contributed by atoms with E-state index in [2.05, 4.69) is 48.9 Å². The molecule has 0 radical (unpaired) electrons. The largest absolute Gasteiger partial charge is 0.338 e. The predicted octanol–water partition coefficient (Wildman–Crippen LogP) is 3.74. The number of nitrogens with zero attached hydrogens (tertiary/aromatic N) is 6. The smallest absolute Gasteiger partial charge is 0.241 e. The fourth-order valence-corrected chi connectivity index (χ4v) is 4.55. The first-order valence-corrected chi connectivity index (χ1v) is 10.8. The van der Waals surface area contributed by atoms with Gasteiger partial charge in [-0.15, -0.1) is 10.2 Å². The van der Waals surface area contributed by atoms with Gasteiger partial charge in [0.1, 0.15) is 11.6 Å². The van der Waals surface area contributed by atoms with Crippen molar-refractivity contribution < 1.29 is 4.52 Å². The third kappa shape index (κ3) is 3.96. The van der Waals surface area contributed by atoms with Crippen molar-refractivity contribution in [3.8, 4) is 11.4 Å². The van der Waals surface area contributed by atoms with Gasteiger partial charge in [-0.2, -0.15) is 4.98 Å². The van der Waals surface area contributed by atoms with Crippen molar-refractivity contribution in [2.75, 3.05) is 13.1 Å². The third-order valence-electron chi connectivity index (χ3n) is 6.15. The number of hydrogen-bond donors (Lipinski definition) is 0. The topological polar surface area (TPSA) is 72.9 Å². The Balaban J connectivity index is 1.27. The fraction of sp³-hybridized carbons (Fsp3) is 0.545. The molecule has 7 nitrogen and oxygen atoms in total. The molecular formula is C22H28N6O. The molecule has 1 aromatic carbocycles. The number of fused-ring (bicyclic) bond motifs is 1. The van der Waals surface area contributed by atoms with Gasteiger partial charge in [0, 0.05) is 31.0 Å². The molecule has 0 spiro atoms. The second-order valence-electron chi connectivity index (χ2n) is 8.39. The zero-order valence-electron chi connectivity index (χ0n) is 17.0. The molecule has 1 fully saturated rings. The van der Waals surface area contributed by atoms with Gasteiger partial charge in [-0.05, 0) is 39.2 Å². The molecule has 1 saturated heterocycles. The number of piperidine rings is 1. The maximum absolute atomic E-state index is 5.55. The second kappa shape index (κ2) is 8.06. The molecule has 0 amide bonds. The first kappa shape index (κ1) is 18.5. The van der Waals surface area contributed by atoms with Gasteiger partial charge in [0.25, 0.3) is 0 Å². The van der Waals surface area contributed by atoms with E-state index in [-0.39, 0.29) is 0 Å². The fourth-order valence-electron chi connectivity index (χ4n) is 4.55. The van der Waals surface area contributed by atoms with Gasteiger partial charge in [0.2, 0.25) is 11.7 Å². The molecule has 0 N–H and O–H groups in total. The van der Waals surface area contributed by atoms with E-state index in [4.69, 9.17) is 4.52 Å². The van der Waals surface area contributed by atoms with E-state index in [1.54, 1.807) is 0 Å². The SMILES string of the molecule is Cc1ccc(-c2noc(CN3CCCC(c4nnc5n4CCCCC5)C3)n2)cc1. The van der Waals surface area contributed by atoms with E-state index in [0.29, 0.717) is 24.2 Å². The van der Waals surface area contributed by atoms with Gasteiger partial charge in [-0.1, -0.05) is 41.4 Å². The van der Waals surface area contributed by atoms with E-state index >= 15 is 0 Å². The van der Waals surface area contributed by atoms with Gasteiger partial charge in [0.15, 0.2) is 0 Å². The lowest BCUT2D eigenvalue weighted by molar-refractivity contribution is 0.172. The van der Waals surface area contributed by atoms with Crippen molar-refractivity contribution in [1.29, 1.82) is 0 Å². The Hall–Kier alpha value is -2.54. The highest BCUT2D eigenvalue weighted by Crippen LogP contribution is 2.29. The van der Waals surface area contributed by atoms with Crippen LogP contribution in [-0.2, 0) is 19.5 Å². The molecule has 29 heavy (non-hydrogen) atoms. The quantitative estimate of drug-likeness (QED) is 0.673. The van der Waals surface area contributed by atoms with Crippen LogP contribution in [0.3, 0.4) is 0 Å². The molecule has 7 heteroatoms. The monoisotopic (exact) mass is 392 g/mol. The van der Waals surface area contributed by atoms with Crippen LogP contribution in [0.4, 0.5) is 0 Å². The molecule has 2 aromatic heterocycles. The highest BCUT2D eigenvalue weighted by Gasteiger charge is 2.28. The molecule has 152 valence electrons. The van der Waals surface area contributed by atoms with E-state index in [1.807, 2.05) is 12.1 Å². The van der Waals surface area contributed by atoms with Crippen molar-refractivity contribution in [1.82, 2.24) is 29.8 Å². The van der Waals surface area contributed by atoms with Gasteiger partial charge >= 0.3 is 0 Å². The number of likely N-dealkylation sites (tertiary alicyclic amines) is 1. The van der Waals surface area contributed by atoms with Gasteiger partial charge in [0.05, 0.1) is 6.54 Å². The van der Waals surface area contributed by atoms with Crippen molar-refractivity contribution in [2.24, 2.45) is 0 Å². The maximum atomic E-state index is 5.55. The van der Waals surface area contributed by atoms with E-state index in [9.17, 15) is 0 Å². The molecule has 5 rings (SSSR count). The van der Waals surface area contributed by atoms with E-state index < -0.39 is 0 Å². The molecule has 3 aromatic rings. The molecule has 1 unspecified atom stereocenters. The summed E-state index contributed by atoms with van der Waals surface area (Å²) in [6.07, 6.45) is 7.15. The van der Waals surface area contributed by atoms with E-state index in [0.717, 1.165) is 38.0 Å². The normalized spacial score (nSPS) is 20.4. The Kier molecular flexibility index (Phi) is 5.14. The molecular weight excluding hydrogens is 364 g/mol. The number of rotatable bonds is 4. The predicted molar refractivity (Wildman–Crippen MR) is 109 cm³/mol. The minimum absolute atomic E-state index is 0.433.